The minimum atomic E-state index is -5.02. The van der Waals surface area contributed by atoms with Crippen molar-refractivity contribution in [2.24, 2.45) is 0 Å². The summed E-state index contributed by atoms with van der Waals surface area (Å²) in [6, 6.07) is 9.30. The first-order valence-electron chi connectivity index (χ1n) is 6.23. The molecule has 5 nitrogen and oxygen atoms in total. The van der Waals surface area contributed by atoms with Crippen molar-refractivity contribution in [3.63, 3.8) is 0 Å². The van der Waals surface area contributed by atoms with Crippen LogP contribution in [0.25, 0.3) is 0 Å². The maximum Gasteiger partial charge on any atom is 0.341 e. The molecular weight excluding hydrogens is 345 g/mol. The minimum Gasteiger partial charge on any atom is -0.456 e. The number of rotatable bonds is 4. The predicted octanol–water partition coefficient (Wildman–Crippen LogP) is 3.36. The van der Waals surface area contributed by atoms with Crippen LogP contribution in [0, 0.1) is 28.5 Å². The Hall–Kier alpha value is -3.04. The van der Waals surface area contributed by atoms with Crippen LogP contribution >= 0.6 is 0 Å². The Labute approximate surface area is 135 Å². The fourth-order valence-corrected chi connectivity index (χ4v) is 2.74. The molecule has 0 N–H and O–H groups in total. The van der Waals surface area contributed by atoms with E-state index >= 15 is 0 Å². The van der Waals surface area contributed by atoms with Crippen molar-refractivity contribution in [2.45, 2.75) is 10.7 Å². The number of hydrogen-bond donors (Lipinski definition) is 0. The van der Waals surface area contributed by atoms with E-state index in [9.17, 15) is 21.6 Å². The Balaban J connectivity index is 2.56. The van der Waals surface area contributed by atoms with E-state index in [1.54, 1.807) is 6.07 Å². The maximum absolute atomic E-state index is 13.4. The smallest absolute Gasteiger partial charge is 0.341 e. The highest BCUT2D eigenvalue weighted by Crippen LogP contribution is 2.32. The predicted molar refractivity (Wildman–Crippen MR) is 75.5 cm³/mol. The standard InChI is InChI=1S/C15H7F3N2O3S/c16-10-4-9(7-19)5-11(6-10)23-13-2-1-3-14(12(13)8-20)24(21,22)15(17)18/h1-6,15H. The van der Waals surface area contributed by atoms with Gasteiger partial charge in [-0.3, -0.25) is 0 Å². The zero-order valence-corrected chi connectivity index (χ0v) is 12.5. The average Bonchev–Trinajstić information content (AvgIpc) is 2.53. The molecular formula is C15H7F3N2O3S. The van der Waals surface area contributed by atoms with Crippen LogP contribution in [0.15, 0.2) is 41.3 Å². The summed E-state index contributed by atoms with van der Waals surface area (Å²) in [5.41, 5.74) is -0.708. The van der Waals surface area contributed by atoms with E-state index in [2.05, 4.69) is 0 Å². The fourth-order valence-electron chi connectivity index (χ4n) is 1.85. The number of halogens is 3. The van der Waals surface area contributed by atoms with Gasteiger partial charge in [0.25, 0.3) is 0 Å². The molecule has 0 aliphatic heterocycles. The third-order valence-corrected chi connectivity index (χ3v) is 4.29. The van der Waals surface area contributed by atoms with Crippen LogP contribution in [0.5, 0.6) is 11.5 Å². The number of nitriles is 2. The molecule has 0 saturated heterocycles. The number of hydrogen-bond acceptors (Lipinski definition) is 5. The highest BCUT2D eigenvalue weighted by molar-refractivity contribution is 7.91. The van der Waals surface area contributed by atoms with Crippen LogP contribution in [-0.4, -0.2) is 14.2 Å². The molecule has 0 heterocycles. The number of alkyl halides is 2. The lowest BCUT2D eigenvalue weighted by molar-refractivity contribution is 0.234. The van der Waals surface area contributed by atoms with E-state index in [-0.39, 0.29) is 17.1 Å². The first kappa shape index (κ1) is 17.3. The molecule has 0 amide bonds. The van der Waals surface area contributed by atoms with Gasteiger partial charge >= 0.3 is 5.76 Å². The second kappa shape index (κ2) is 6.60. The highest BCUT2D eigenvalue weighted by Gasteiger charge is 2.30. The topological polar surface area (TPSA) is 90.9 Å². The minimum absolute atomic E-state index is 0.0696. The highest BCUT2D eigenvalue weighted by atomic mass is 32.2. The fraction of sp³-hybridized carbons (Fsp3) is 0.0667. The summed E-state index contributed by atoms with van der Waals surface area (Å²) >= 11 is 0. The molecule has 0 bridgehead atoms. The van der Waals surface area contributed by atoms with Crippen LogP contribution in [0.3, 0.4) is 0 Å². The van der Waals surface area contributed by atoms with Gasteiger partial charge < -0.3 is 4.74 Å². The third-order valence-electron chi connectivity index (χ3n) is 2.87. The van der Waals surface area contributed by atoms with Gasteiger partial charge in [0.05, 0.1) is 16.5 Å². The van der Waals surface area contributed by atoms with Gasteiger partial charge in [-0.1, -0.05) is 6.07 Å². The second-order valence-electron chi connectivity index (χ2n) is 4.44. The van der Waals surface area contributed by atoms with Crippen molar-refractivity contribution >= 4 is 9.84 Å². The van der Waals surface area contributed by atoms with Crippen LogP contribution in [0.2, 0.25) is 0 Å². The van der Waals surface area contributed by atoms with E-state index < -0.39 is 31.9 Å². The number of benzene rings is 2. The quantitative estimate of drug-likeness (QED) is 0.841. The molecule has 9 heteroatoms. The summed E-state index contributed by atoms with van der Waals surface area (Å²) in [4.78, 5) is -0.894. The van der Waals surface area contributed by atoms with Gasteiger partial charge in [-0.15, -0.1) is 0 Å². The third kappa shape index (κ3) is 3.31. The van der Waals surface area contributed by atoms with Crippen molar-refractivity contribution in [1.82, 2.24) is 0 Å². The van der Waals surface area contributed by atoms with Crippen molar-refractivity contribution in [2.75, 3.05) is 0 Å². The molecule has 2 aromatic carbocycles. The van der Waals surface area contributed by atoms with Crippen LogP contribution in [-0.2, 0) is 9.84 Å². The number of sulfone groups is 1. The van der Waals surface area contributed by atoms with E-state index in [4.69, 9.17) is 15.3 Å². The monoisotopic (exact) mass is 352 g/mol. The molecule has 0 aliphatic rings. The molecule has 0 fully saturated rings. The first-order chi connectivity index (χ1) is 11.3. The van der Waals surface area contributed by atoms with Crippen LogP contribution in [0.1, 0.15) is 11.1 Å². The Bertz CT molecular complexity index is 976. The van der Waals surface area contributed by atoms with E-state index in [0.717, 1.165) is 30.3 Å². The molecule has 0 unspecified atom stereocenters. The molecule has 0 radical (unpaired) electrons. The van der Waals surface area contributed by atoms with Crippen molar-refractivity contribution in [3.8, 4) is 23.6 Å². The summed E-state index contributed by atoms with van der Waals surface area (Å²) in [6.07, 6.45) is 0. The lowest BCUT2D eigenvalue weighted by Crippen LogP contribution is -2.13. The van der Waals surface area contributed by atoms with Crippen LogP contribution < -0.4 is 4.74 Å². The van der Waals surface area contributed by atoms with Crippen LogP contribution in [0.4, 0.5) is 13.2 Å². The van der Waals surface area contributed by atoms with Crippen molar-refractivity contribution in [3.05, 3.63) is 53.3 Å². The SMILES string of the molecule is N#Cc1cc(F)cc(Oc2cccc(S(=O)(=O)C(F)F)c2C#N)c1. The zero-order chi connectivity index (χ0) is 17.9. The van der Waals surface area contributed by atoms with Crippen molar-refractivity contribution < 1.29 is 26.3 Å². The lowest BCUT2D eigenvalue weighted by Gasteiger charge is -2.11. The molecule has 0 saturated carbocycles. The number of nitrogens with zero attached hydrogens (tertiary/aromatic N) is 2. The van der Waals surface area contributed by atoms with Gasteiger partial charge in [0.1, 0.15) is 28.9 Å². The van der Waals surface area contributed by atoms with Crippen molar-refractivity contribution in [1.29, 1.82) is 10.5 Å². The molecule has 24 heavy (non-hydrogen) atoms. The molecule has 2 aromatic rings. The normalized spacial score (nSPS) is 10.9. The van der Waals surface area contributed by atoms with E-state index in [0.29, 0.717) is 0 Å². The van der Waals surface area contributed by atoms with Gasteiger partial charge in [-0.25, -0.2) is 12.8 Å². The van der Waals surface area contributed by atoms with Gasteiger partial charge in [0.2, 0.25) is 9.84 Å². The number of ether oxygens (including phenoxy) is 1. The zero-order valence-electron chi connectivity index (χ0n) is 11.7. The first-order valence-corrected chi connectivity index (χ1v) is 7.78. The molecule has 2 rings (SSSR count). The Morgan fingerprint density at radius 1 is 1.08 bits per heavy atom. The maximum atomic E-state index is 13.4. The summed E-state index contributed by atoms with van der Waals surface area (Å²) in [5, 5.41) is 17.9. The summed E-state index contributed by atoms with van der Waals surface area (Å²) in [6.45, 7) is 0. The van der Waals surface area contributed by atoms with E-state index in [1.807, 2.05) is 0 Å². The molecule has 0 aliphatic carbocycles. The Morgan fingerprint density at radius 2 is 1.79 bits per heavy atom. The largest absolute Gasteiger partial charge is 0.456 e. The second-order valence-corrected chi connectivity index (χ2v) is 6.32. The average molecular weight is 352 g/mol. The molecule has 0 spiro atoms. The summed E-state index contributed by atoms with van der Waals surface area (Å²) in [7, 11) is -5.02. The Kier molecular flexibility index (Phi) is 4.77. The summed E-state index contributed by atoms with van der Waals surface area (Å²) in [5.74, 6) is -5.04. The van der Waals surface area contributed by atoms with Gasteiger partial charge in [-0.2, -0.15) is 19.3 Å². The lowest BCUT2D eigenvalue weighted by atomic mass is 10.2. The summed E-state index contributed by atoms with van der Waals surface area (Å²) < 4.78 is 67.2. The molecule has 122 valence electrons. The van der Waals surface area contributed by atoms with Gasteiger partial charge in [-0.05, 0) is 24.3 Å². The Morgan fingerprint density at radius 3 is 2.38 bits per heavy atom. The van der Waals surface area contributed by atoms with Gasteiger partial charge in [0, 0.05) is 6.07 Å². The van der Waals surface area contributed by atoms with Gasteiger partial charge in [0.15, 0.2) is 0 Å². The van der Waals surface area contributed by atoms with E-state index in [1.165, 1.54) is 12.1 Å². The molecule has 0 aromatic heterocycles. The molecule has 0 atom stereocenters.